The van der Waals surface area contributed by atoms with E-state index >= 15 is 0 Å². The van der Waals surface area contributed by atoms with Gasteiger partial charge in [-0.25, -0.2) is 0 Å². The van der Waals surface area contributed by atoms with Gasteiger partial charge in [-0.2, -0.15) is 0 Å². The summed E-state index contributed by atoms with van der Waals surface area (Å²) in [5.41, 5.74) is 6.94. The van der Waals surface area contributed by atoms with Crippen LogP contribution < -0.4 is 10.5 Å². The number of nitrogens with two attached hydrogens (primary N) is 1. The van der Waals surface area contributed by atoms with E-state index < -0.39 is 0 Å². The van der Waals surface area contributed by atoms with E-state index in [4.69, 9.17) is 22.1 Å². The van der Waals surface area contributed by atoms with Crippen LogP contribution in [-0.2, 0) is 0 Å². The summed E-state index contributed by atoms with van der Waals surface area (Å²) in [6.07, 6.45) is 10.5. The van der Waals surface area contributed by atoms with Crippen LogP contribution in [0.4, 0.5) is 0 Å². The van der Waals surface area contributed by atoms with Crippen molar-refractivity contribution in [2.45, 2.75) is 71.3 Å². The van der Waals surface area contributed by atoms with Gasteiger partial charge in [0.05, 0.1) is 6.61 Å². The smallest absolute Gasteiger partial charge is 0.124 e. The first kappa shape index (κ1) is 18.3. The van der Waals surface area contributed by atoms with Crippen LogP contribution in [0.5, 0.6) is 5.75 Å². The number of ether oxygens (including phenoxy) is 1. The highest BCUT2D eigenvalue weighted by Gasteiger charge is 2.08. The van der Waals surface area contributed by atoms with E-state index in [1.165, 1.54) is 44.9 Å². The molecule has 0 heterocycles. The monoisotopic (exact) mass is 311 g/mol. The largest absolute Gasteiger partial charge is 0.493 e. The summed E-state index contributed by atoms with van der Waals surface area (Å²) in [5, 5.41) is 0.710. The van der Waals surface area contributed by atoms with E-state index in [1.54, 1.807) is 0 Å². The molecule has 120 valence electrons. The summed E-state index contributed by atoms with van der Waals surface area (Å²) in [6, 6.07) is 5.62. The molecule has 0 saturated heterocycles. The van der Waals surface area contributed by atoms with Gasteiger partial charge in [0.15, 0.2) is 0 Å². The Morgan fingerprint density at radius 3 is 2.29 bits per heavy atom. The third-order valence-electron chi connectivity index (χ3n) is 3.72. The van der Waals surface area contributed by atoms with Crippen molar-refractivity contribution < 1.29 is 4.74 Å². The van der Waals surface area contributed by atoms with E-state index in [1.807, 2.05) is 25.1 Å². The lowest BCUT2D eigenvalue weighted by atomic mass is 10.1. The van der Waals surface area contributed by atoms with E-state index in [0.717, 1.165) is 24.3 Å². The number of hydrogen-bond acceptors (Lipinski definition) is 2. The van der Waals surface area contributed by atoms with Crippen molar-refractivity contribution in [1.29, 1.82) is 0 Å². The average Bonchev–Trinajstić information content (AvgIpc) is 2.46. The van der Waals surface area contributed by atoms with Gasteiger partial charge in [-0.05, 0) is 31.5 Å². The second-order valence-electron chi connectivity index (χ2n) is 5.79. The first-order valence-electron chi connectivity index (χ1n) is 8.33. The van der Waals surface area contributed by atoms with Gasteiger partial charge in [0, 0.05) is 16.6 Å². The molecule has 0 spiro atoms. The highest BCUT2D eigenvalue weighted by atomic mass is 35.5. The molecule has 1 aromatic carbocycles. The van der Waals surface area contributed by atoms with Crippen LogP contribution in [0.15, 0.2) is 18.2 Å². The fraction of sp³-hybridized carbons (Fsp3) is 0.667. The predicted molar refractivity (Wildman–Crippen MR) is 92.2 cm³/mol. The Morgan fingerprint density at radius 2 is 1.67 bits per heavy atom. The SMILES string of the molecule is CCCCCCCCCCOc1ccc(Cl)cc1[C@@H](C)N. The van der Waals surface area contributed by atoms with Crippen LogP contribution in [0.1, 0.15) is 76.8 Å². The molecule has 3 heteroatoms. The van der Waals surface area contributed by atoms with Crippen molar-refractivity contribution in [3.8, 4) is 5.75 Å². The summed E-state index contributed by atoms with van der Waals surface area (Å²) in [5.74, 6) is 0.873. The van der Waals surface area contributed by atoms with Crippen LogP contribution in [0.2, 0.25) is 5.02 Å². The second-order valence-corrected chi connectivity index (χ2v) is 6.23. The summed E-state index contributed by atoms with van der Waals surface area (Å²) in [6.45, 7) is 4.97. The molecule has 1 atom stereocenters. The minimum atomic E-state index is -0.0581. The Balaban J connectivity index is 2.18. The van der Waals surface area contributed by atoms with Crippen LogP contribution in [0, 0.1) is 0 Å². The Morgan fingerprint density at radius 1 is 1.05 bits per heavy atom. The Bertz CT molecular complexity index is 393. The van der Waals surface area contributed by atoms with E-state index in [2.05, 4.69) is 6.92 Å². The molecule has 0 bridgehead atoms. The summed E-state index contributed by atoms with van der Waals surface area (Å²) < 4.78 is 5.86. The topological polar surface area (TPSA) is 35.2 Å². The maximum Gasteiger partial charge on any atom is 0.124 e. The molecule has 2 N–H and O–H groups in total. The maximum atomic E-state index is 6.00. The number of unbranched alkanes of at least 4 members (excludes halogenated alkanes) is 7. The van der Waals surface area contributed by atoms with E-state index in [-0.39, 0.29) is 6.04 Å². The molecule has 2 nitrogen and oxygen atoms in total. The quantitative estimate of drug-likeness (QED) is 0.518. The lowest BCUT2D eigenvalue weighted by molar-refractivity contribution is 0.300. The fourth-order valence-electron chi connectivity index (χ4n) is 2.42. The molecule has 0 aliphatic carbocycles. The molecule has 0 fully saturated rings. The molecule has 0 unspecified atom stereocenters. The molecule has 0 aliphatic heterocycles. The van der Waals surface area contributed by atoms with Crippen molar-refractivity contribution in [2.75, 3.05) is 6.61 Å². The molecule has 0 aromatic heterocycles. The van der Waals surface area contributed by atoms with Crippen molar-refractivity contribution in [2.24, 2.45) is 5.73 Å². The van der Waals surface area contributed by atoms with Crippen LogP contribution >= 0.6 is 11.6 Å². The van der Waals surface area contributed by atoms with Crippen LogP contribution in [0.25, 0.3) is 0 Å². The van der Waals surface area contributed by atoms with Crippen LogP contribution in [0.3, 0.4) is 0 Å². The first-order chi connectivity index (χ1) is 10.1. The molecular weight excluding hydrogens is 282 g/mol. The van der Waals surface area contributed by atoms with Gasteiger partial charge < -0.3 is 10.5 Å². The van der Waals surface area contributed by atoms with Crippen molar-refractivity contribution in [1.82, 2.24) is 0 Å². The van der Waals surface area contributed by atoms with Crippen LogP contribution in [-0.4, -0.2) is 6.61 Å². The van der Waals surface area contributed by atoms with Crippen molar-refractivity contribution in [3.63, 3.8) is 0 Å². The molecular formula is C18H30ClNO. The number of hydrogen-bond donors (Lipinski definition) is 1. The van der Waals surface area contributed by atoms with Gasteiger partial charge in [-0.3, -0.25) is 0 Å². The fourth-order valence-corrected chi connectivity index (χ4v) is 2.61. The zero-order valence-electron chi connectivity index (χ0n) is 13.5. The third-order valence-corrected chi connectivity index (χ3v) is 3.95. The van der Waals surface area contributed by atoms with Gasteiger partial charge in [0.2, 0.25) is 0 Å². The summed E-state index contributed by atoms with van der Waals surface area (Å²) in [7, 11) is 0. The Kier molecular flexibility index (Phi) is 9.53. The predicted octanol–water partition coefficient (Wildman–Crippen LogP) is 5.88. The van der Waals surface area contributed by atoms with Crippen molar-refractivity contribution in [3.05, 3.63) is 28.8 Å². The highest BCUT2D eigenvalue weighted by molar-refractivity contribution is 6.30. The standard InChI is InChI=1S/C18H30ClNO/c1-3-4-5-6-7-8-9-10-13-21-18-12-11-16(19)14-17(18)15(2)20/h11-12,14-15H,3-10,13,20H2,1-2H3/t15-/m1/s1. The van der Waals surface area contributed by atoms with E-state index in [0.29, 0.717) is 5.02 Å². The number of benzene rings is 1. The number of rotatable bonds is 11. The molecule has 0 aliphatic rings. The molecule has 21 heavy (non-hydrogen) atoms. The van der Waals surface area contributed by atoms with Gasteiger partial charge in [-0.1, -0.05) is 63.5 Å². The summed E-state index contributed by atoms with van der Waals surface area (Å²) >= 11 is 6.00. The maximum absolute atomic E-state index is 6.00. The van der Waals surface area contributed by atoms with Gasteiger partial charge in [-0.15, -0.1) is 0 Å². The summed E-state index contributed by atoms with van der Waals surface area (Å²) in [4.78, 5) is 0. The first-order valence-corrected chi connectivity index (χ1v) is 8.70. The van der Waals surface area contributed by atoms with Gasteiger partial charge >= 0.3 is 0 Å². The molecule has 0 radical (unpaired) electrons. The Labute approximate surface area is 135 Å². The van der Waals surface area contributed by atoms with E-state index in [9.17, 15) is 0 Å². The van der Waals surface area contributed by atoms with Gasteiger partial charge in [0.1, 0.15) is 5.75 Å². The second kappa shape index (κ2) is 10.9. The minimum absolute atomic E-state index is 0.0581. The average molecular weight is 312 g/mol. The minimum Gasteiger partial charge on any atom is -0.493 e. The third kappa shape index (κ3) is 7.73. The zero-order valence-corrected chi connectivity index (χ0v) is 14.3. The van der Waals surface area contributed by atoms with Gasteiger partial charge in [0.25, 0.3) is 0 Å². The van der Waals surface area contributed by atoms with Crippen molar-refractivity contribution >= 4 is 11.6 Å². The highest BCUT2D eigenvalue weighted by Crippen LogP contribution is 2.27. The number of halogens is 1. The zero-order chi connectivity index (χ0) is 15.5. The Hall–Kier alpha value is -0.730. The normalized spacial score (nSPS) is 12.4. The lowest BCUT2D eigenvalue weighted by Gasteiger charge is -2.14. The lowest BCUT2D eigenvalue weighted by Crippen LogP contribution is -2.08. The molecule has 0 amide bonds. The molecule has 1 aromatic rings. The molecule has 1 rings (SSSR count). The molecule has 0 saturated carbocycles.